The molecule has 0 fully saturated rings. The highest BCUT2D eigenvalue weighted by molar-refractivity contribution is 6.09. The van der Waals surface area contributed by atoms with Gasteiger partial charge in [0.25, 0.3) is 11.8 Å². The maximum absolute atomic E-state index is 12.7. The van der Waals surface area contributed by atoms with Gasteiger partial charge in [0.2, 0.25) is 0 Å². The number of allylic oxidation sites excluding steroid dienone is 1. The van der Waals surface area contributed by atoms with Crippen LogP contribution < -0.4 is 16.4 Å². The molecule has 0 bridgehead atoms. The predicted octanol–water partition coefficient (Wildman–Crippen LogP) is 1.42. The Bertz CT molecular complexity index is 877. The normalized spacial score (nSPS) is 12.0. The molecule has 5 N–H and O–H groups in total. The zero-order chi connectivity index (χ0) is 19.8. The number of rotatable bonds is 6. The van der Waals surface area contributed by atoms with Gasteiger partial charge in [-0.3, -0.25) is 19.8 Å². The van der Waals surface area contributed by atoms with E-state index in [1.165, 1.54) is 6.92 Å². The number of carbonyl (C=O) groups is 3. The highest BCUT2D eigenvalue weighted by Crippen LogP contribution is 2.14. The Balaban J connectivity index is 2.22. The van der Waals surface area contributed by atoms with Crippen molar-refractivity contribution in [2.75, 3.05) is 0 Å². The van der Waals surface area contributed by atoms with Gasteiger partial charge in [0.05, 0.1) is 0 Å². The van der Waals surface area contributed by atoms with Crippen LogP contribution in [0.1, 0.15) is 24.1 Å². The van der Waals surface area contributed by atoms with Crippen molar-refractivity contribution in [1.29, 1.82) is 5.41 Å². The zero-order valence-corrected chi connectivity index (χ0v) is 14.7. The van der Waals surface area contributed by atoms with Crippen LogP contribution in [0.3, 0.4) is 0 Å². The fourth-order valence-corrected chi connectivity index (χ4v) is 2.32. The van der Waals surface area contributed by atoms with E-state index in [4.69, 9.17) is 11.1 Å². The molecule has 2 aromatic carbocycles. The van der Waals surface area contributed by atoms with Crippen LogP contribution in [0.5, 0.6) is 0 Å². The molecule has 1 unspecified atom stereocenters. The molecule has 0 heterocycles. The molecule has 0 aliphatic heterocycles. The van der Waals surface area contributed by atoms with Gasteiger partial charge in [-0.05, 0) is 12.5 Å². The largest absolute Gasteiger partial charge is 0.394 e. The Morgan fingerprint density at radius 1 is 1.00 bits per heavy atom. The van der Waals surface area contributed by atoms with Crippen molar-refractivity contribution in [3.8, 4) is 0 Å². The second-order valence-electron chi connectivity index (χ2n) is 5.76. The minimum atomic E-state index is -1.08. The van der Waals surface area contributed by atoms with E-state index in [1.807, 2.05) is 0 Å². The molecule has 2 aromatic rings. The number of amides is 2. The summed E-state index contributed by atoms with van der Waals surface area (Å²) in [7, 11) is 0. The molecule has 0 spiro atoms. The van der Waals surface area contributed by atoms with E-state index in [0.717, 1.165) is 6.08 Å². The summed E-state index contributed by atoms with van der Waals surface area (Å²) >= 11 is 0. The number of amidine groups is 1. The number of nitrogens with two attached hydrogens (primary N) is 1. The molecular formula is C20H20N4O3. The van der Waals surface area contributed by atoms with Gasteiger partial charge in [-0.1, -0.05) is 60.7 Å². The summed E-state index contributed by atoms with van der Waals surface area (Å²) in [4.78, 5) is 36.1. The topological polar surface area (TPSA) is 125 Å². The number of ketones is 1. The van der Waals surface area contributed by atoms with Gasteiger partial charge in [0, 0.05) is 11.6 Å². The molecule has 27 heavy (non-hydrogen) atoms. The van der Waals surface area contributed by atoms with Crippen LogP contribution in [-0.4, -0.2) is 23.4 Å². The van der Waals surface area contributed by atoms with Crippen molar-refractivity contribution in [2.45, 2.75) is 13.0 Å². The van der Waals surface area contributed by atoms with Gasteiger partial charge in [-0.2, -0.15) is 0 Å². The highest BCUT2D eigenvalue weighted by atomic mass is 16.2. The van der Waals surface area contributed by atoms with Crippen LogP contribution in [0.25, 0.3) is 0 Å². The molecule has 0 saturated carbocycles. The van der Waals surface area contributed by atoms with Crippen molar-refractivity contribution < 1.29 is 14.4 Å². The molecule has 7 nitrogen and oxygen atoms in total. The summed E-state index contributed by atoms with van der Waals surface area (Å²) in [5.74, 6) is -1.82. The first-order chi connectivity index (χ1) is 12.9. The molecule has 0 aliphatic rings. The maximum Gasteiger partial charge on any atom is 0.268 e. The first kappa shape index (κ1) is 19.6. The lowest BCUT2D eigenvalue weighted by Crippen LogP contribution is -2.44. The third-order valence-electron chi connectivity index (χ3n) is 3.60. The summed E-state index contributed by atoms with van der Waals surface area (Å²) in [6, 6.07) is 16.1. The second kappa shape index (κ2) is 9.10. The Morgan fingerprint density at radius 2 is 1.56 bits per heavy atom. The lowest BCUT2D eigenvalue weighted by Gasteiger charge is -2.19. The minimum absolute atomic E-state index is 0.0944. The SMILES string of the molecule is CC(=O)C=C(N)C(=O)NC(C(=O)NC(=N)c1ccccc1)c1ccccc1. The van der Waals surface area contributed by atoms with Crippen LogP contribution in [0, 0.1) is 5.41 Å². The molecule has 138 valence electrons. The Morgan fingerprint density at radius 3 is 2.11 bits per heavy atom. The second-order valence-corrected chi connectivity index (χ2v) is 5.76. The number of carbonyl (C=O) groups excluding carboxylic acids is 3. The fraction of sp³-hybridized carbons (Fsp3) is 0.100. The Labute approximate surface area is 156 Å². The number of nitrogens with one attached hydrogen (secondary N) is 3. The number of benzene rings is 2. The van der Waals surface area contributed by atoms with E-state index in [0.29, 0.717) is 11.1 Å². The van der Waals surface area contributed by atoms with Crippen LogP contribution in [0.15, 0.2) is 72.4 Å². The van der Waals surface area contributed by atoms with Gasteiger partial charge < -0.3 is 16.4 Å². The predicted molar refractivity (Wildman–Crippen MR) is 102 cm³/mol. The van der Waals surface area contributed by atoms with E-state index in [1.54, 1.807) is 60.7 Å². The third kappa shape index (κ3) is 5.64. The monoisotopic (exact) mass is 364 g/mol. The van der Waals surface area contributed by atoms with Crippen LogP contribution >= 0.6 is 0 Å². The Hall–Kier alpha value is -3.74. The van der Waals surface area contributed by atoms with Crippen LogP contribution in [-0.2, 0) is 14.4 Å². The van der Waals surface area contributed by atoms with Gasteiger partial charge in [0.15, 0.2) is 5.78 Å². The van der Waals surface area contributed by atoms with Crippen LogP contribution in [0.2, 0.25) is 0 Å². The molecule has 0 radical (unpaired) electrons. The van der Waals surface area contributed by atoms with Crippen molar-refractivity contribution in [3.05, 3.63) is 83.6 Å². The average Bonchev–Trinajstić information content (AvgIpc) is 2.66. The first-order valence-corrected chi connectivity index (χ1v) is 8.17. The molecule has 2 rings (SSSR count). The molecule has 2 amide bonds. The Kier molecular flexibility index (Phi) is 6.60. The van der Waals surface area contributed by atoms with Gasteiger partial charge in [-0.15, -0.1) is 0 Å². The minimum Gasteiger partial charge on any atom is -0.394 e. The van der Waals surface area contributed by atoms with Crippen molar-refractivity contribution in [1.82, 2.24) is 10.6 Å². The molecule has 7 heteroatoms. The molecule has 1 atom stereocenters. The van der Waals surface area contributed by atoms with E-state index < -0.39 is 17.9 Å². The summed E-state index contributed by atoms with van der Waals surface area (Å²) in [6.07, 6.45) is 0.987. The molecular weight excluding hydrogens is 344 g/mol. The lowest BCUT2D eigenvalue weighted by atomic mass is 10.1. The maximum atomic E-state index is 12.7. The first-order valence-electron chi connectivity index (χ1n) is 8.17. The van der Waals surface area contributed by atoms with Gasteiger partial charge >= 0.3 is 0 Å². The van der Waals surface area contributed by atoms with E-state index >= 15 is 0 Å². The summed E-state index contributed by atoms with van der Waals surface area (Å²) in [5, 5.41) is 13.0. The number of hydrogen-bond donors (Lipinski definition) is 4. The fourth-order valence-electron chi connectivity index (χ4n) is 2.32. The van der Waals surface area contributed by atoms with Gasteiger partial charge in [-0.25, -0.2) is 0 Å². The summed E-state index contributed by atoms with van der Waals surface area (Å²) in [5.41, 5.74) is 6.34. The quantitative estimate of drug-likeness (QED) is 0.351. The smallest absolute Gasteiger partial charge is 0.268 e. The van der Waals surface area contributed by atoms with Crippen molar-refractivity contribution in [3.63, 3.8) is 0 Å². The molecule has 0 aromatic heterocycles. The highest BCUT2D eigenvalue weighted by Gasteiger charge is 2.24. The summed E-state index contributed by atoms with van der Waals surface area (Å²) in [6.45, 7) is 1.27. The van der Waals surface area contributed by atoms with Gasteiger partial charge in [0.1, 0.15) is 17.6 Å². The number of hydrogen-bond acceptors (Lipinski definition) is 5. The average molecular weight is 364 g/mol. The van der Waals surface area contributed by atoms with Crippen LogP contribution in [0.4, 0.5) is 0 Å². The van der Waals surface area contributed by atoms with E-state index in [-0.39, 0.29) is 17.3 Å². The van der Waals surface area contributed by atoms with Crippen molar-refractivity contribution in [2.24, 2.45) is 5.73 Å². The van der Waals surface area contributed by atoms with E-state index in [2.05, 4.69) is 10.6 Å². The lowest BCUT2D eigenvalue weighted by molar-refractivity contribution is -0.126. The third-order valence-corrected chi connectivity index (χ3v) is 3.60. The van der Waals surface area contributed by atoms with E-state index in [9.17, 15) is 14.4 Å². The van der Waals surface area contributed by atoms with Crippen molar-refractivity contribution >= 4 is 23.4 Å². The standard InChI is InChI=1S/C20H20N4O3/c1-13(25)12-16(21)19(26)23-17(14-8-4-2-5-9-14)20(27)24-18(22)15-10-6-3-7-11-15/h2-12,17H,21H2,1H3,(H,23,26)(H2,22,24,27). The molecule has 0 aliphatic carbocycles. The summed E-state index contributed by atoms with van der Waals surface area (Å²) < 4.78 is 0. The molecule has 0 saturated heterocycles. The zero-order valence-electron chi connectivity index (χ0n) is 14.7.